The highest BCUT2D eigenvalue weighted by molar-refractivity contribution is 5.94. The number of aliphatic carboxylic acids is 1. The lowest BCUT2D eigenvalue weighted by Crippen LogP contribution is -2.57. The van der Waals surface area contributed by atoms with Gasteiger partial charge in [0.15, 0.2) is 0 Å². The maximum atomic E-state index is 12.8. The second-order valence-corrected chi connectivity index (χ2v) is 8.28. The average molecular weight is 451 g/mol. The molecule has 0 aliphatic carbocycles. The maximum Gasteiger partial charge on any atom is 0.326 e. The van der Waals surface area contributed by atoms with E-state index in [-0.39, 0.29) is 18.8 Å². The Bertz CT molecular complexity index is 784. The monoisotopic (exact) mass is 450 g/mol. The quantitative estimate of drug-likeness (QED) is 0.250. The van der Waals surface area contributed by atoms with Crippen molar-refractivity contribution in [3.63, 3.8) is 0 Å². The third kappa shape index (κ3) is 9.03. The van der Waals surface area contributed by atoms with Crippen molar-refractivity contribution in [3.05, 3.63) is 35.9 Å². The Kier molecular flexibility index (Phi) is 10.8. The Morgan fingerprint density at radius 3 is 1.94 bits per heavy atom. The molecule has 1 aromatic carbocycles. The molecular formula is C22H34N4O6. The van der Waals surface area contributed by atoms with Crippen LogP contribution in [0.3, 0.4) is 0 Å². The summed E-state index contributed by atoms with van der Waals surface area (Å²) in [5, 5.41) is 26.4. The van der Waals surface area contributed by atoms with Gasteiger partial charge in [-0.1, -0.05) is 44.2 Å². The number of aliphatic hydroxyl groups is 1. The minimum atomic E-state index is -1.20. The van der Waals surface area contributed by atoms with Crippen molar-refractivity contribution in [2.45, 2.75) is 70.8 Å². The van der Waals surface area contributed by atoms with Gasteiger partial charge >= 0.3 is 5.97 Å². The van der Waals surface area contributed by atoms with Gasteiger partial charge in [-0.05, 0) is 31.7 Å². The van der Waals surface area contributed by atoms with E-state index in [1.54, 1.807) is 30.3 Å². The van der Waals surface area contributed by atoms with Crippen LogP contribution >= 0.6 is 0 Å². The van der Waals surface area contributed by atoms with E-state index in [1.807, 2.05) is 13.8 Å². The molecule has 0 aliphatic rings. The second kappa shape index (κ2) is 12.8. The van der Waals surface area contributed by atoms with Crippen molar-refractivity contribution in [2.75, 3.05) is 0 Å². The fourth-order valence-electron chi connectivity index (χ4n) is 2.92. The molecule has 0 fully saturated rings. The fourth-order valence-corrected chi connectivity index (χ4v) is 2.92. The van der Waals surface area contributed by atoms with Gasteiger partial charge in [0.05, 0.1) is 6.10 Å². The summed E-state index contributed by atoms with van der Waals surface area (Å²) in [6, 6.07) is 4.50. The molecule has 0 saturated heterocycles. The summed E-state index contributed by atoms with van der Waals surface area (Å²) < 4.78 is 0. The fraction of sp³-hybridized carbons (Fsp3) is 0.545. The molecule has 10 nitrogen and oxygen atoms in total. The number of carboxylic acid groups (broad SMARTS) is 1. The zero-order chi connectivity index (χ0) is 24.4. The summed E-state index contributed by atoms with van der Waals surface area (Å²) in [6.07, 6.45) is -0.737. The van der Waals surface area contributed by atoms with E-state index in [4.69, 9.17) is 5.73 Å². The number of aliphatic hydroxyl groups excluding tert-OH is 1. The lowest BCUT2D eigenvalue weighted by Gasteiger charge is -2.25. The number of nitrogens with two attached hydrogens (primary N) is 1. The zero-order valence-electron chi connectivity index (χ0n) is 18.9. The Morgan fingerprint density at radius 2 is 1.44 bits per heavy atom. The molecule has 0 radical (unpaired) electrons. The number of carbonyl (C=O) groups is 4. The molecule has 0 aromatic heterocycles. The lowest BCUT2D eigenvalue weighted by molar-refractivity contribution is -0.142. The van der Waals surface area contributed by atoms with Gasteiger partial charge in [0, 0.05) is 6.42 Å². The van der Waals surface area contributed by atoms with Crippen LogP contribution in [0.5, 0.6) is 0 Å². The molecular weight excluding hydrogens is 416 g/mol. The summed E-state index contributed by atoms with van der Waals surface area (Å²) >= 11 is 0. The van der Waals surface area contributed by atoms with Crippen molar-refractivity contribution in [2.24, 2.45) is 11.7 Å². The van der Waals surface area contributed by atoms with Crippen molar-refractivity contribution in [1.82, 2.24) is 16.0 Å². The molecule has 178 valence electrons. The molecule has 0 aliphatic heterocycles. The third-order valence-electron chi connectivity index (χ3n) is 4.81. The van der Waals surface area contributed by atoms with E-state index in [0.717, 1.165) is 5.56 Å². The molecule has 0 saturated carbocycles. The number of carboxylic acids is 1. The van der Waals surface area contributed by atoms with Gasteiger partial charge in [-0.2, -0.15) is 0 Å². The first-order valence-corrected chi connectivity index (χ1v) is 10.5. The number of hydrogen-bond acceptors (Lipinski definition) is 6. The molecule has 7 N–H and O–H groups in total. The Hall–Kier alpha value is -2.98. The van der Waals surface area contributed by atoms with Crippen LogP contribution in [0.25, 0.3) is 0 Å². The number of hydrogen-bond donors (Lipinski definition) is 6. The summed E-state index contributed by atoms with van der Waals surface area (Å²) in [5.41, 5.74) is 6.30. The first-order chi connectivity index (χ1) is 14.9. The van der Waals surface area contributed by atoms with Gasteiger partial charge < -0.3 is 31.9 Å². The first-order valence-electron chi connectivity index (χ1n) is 10.5. The Morgan fingerprint density at radius 1 is 0.875 bits per heavy atom. The first kappa shape index (κ1) is 27.1. The molecule has 0 spiro atoms. The van der Waals surface area contributed by atoms with Crippen LogP contribution < -0.4 is 21.7 Å². The number of nitrogens with one attached hydrogen (secondary N) is 3. The summed E-state index contributed by atoms with van der Waals surface area (Å²) in [4.78, 5) is 49.0. The van der Waals surface area contributed by atoms with E-state index in [2.05, 4.69) is 16.0 Å². The molecule has 0 bridgehead atoms. The van der Waals surface area contributed by atoms with Gasteiger partial charge in [0.25, 0.3) is 0 Å². The number of carbonyl (C=O) groups excluding carboxylic acids is 3. The predicted molar refractivity (Wildman–Crippen MR) is 118 cm³/mol. The minimum Gasteiger partial charge on any atom is -0.480 e. The highest BCUT2D eigenvalue weighted by Gasteiger charge is 2.29. The van der Waals surface area contributed by atoms with Crippen LogP contribution in [0.1, 0.15) is 39.7 Å². The van der Waals surface area contributed by atoms with Gasteiger partial charge in [0.2, 0.25) is 17.7 Å². The molecule has 1 rings (SSSR count). The van der Waals surface area contributed by atoms with Crippen LogP contribution in [0.2, 0.25) is 0 Å². The summed E-state index contributed by atoms with van der Waals surface area (Å²) in [6.45, 7) is 6.49. The van der Waals surface area contributed by atoms with E-state index in [0.29, 0.717) is 0 Å². The number of benzene rings is 1. The van der Waals surface area contributed by atoms with E-state index >= 15 is 0 Å². The van der Waals surface area contributed by atoms with Crippen LogP contribution in [0, 0.1) is 5.92 Å². The second-order valence-electron chi connectivity index (χ2n) is 8.28. The largest absolute Gasteiger partial charge is 0.480 e. The predicted octanol–water partition coefficient (Wildman–Crippen LogP) is -0.458. The Labute approximate surface area is 187 Å². The smallest absolute Gasteiger partial charge is 0.326 e. The van der Waals surface area contributed by atoms with E-state index in [9.17, 15) is 29.4 Å². The SMILES string of the molecule is CC(C)CC(NC(=O)C(C)NC(=O)C(N)C(C)O)C(=O)NC(Cc1ccccc1)C(=O)O. The van der Waals surface area contributed by atoms with Gasteiger partial charge in [-0.15, -0.1) is 0 Å². The van der Waals surface area contributed by atoms with E-state index < -0.39 is 54.0 Å². The normalized spacial score (nSPS) is 15.7. The molecule has 10 heteroatoms. The van der Waals surface area contributed by atoms with Gasteiger partial charge in [-0.3, -0.25) is 14.4 Å². The molecule has 3 amide bonds. The third-order valence-corrected chi connectivity index (χ3v) is 4.81. The minimum absolute atomic E-state index is 0.0250. The summed E-state index contributed by atoms with van der Waals surface area (Å²) in [7, 11) is 0. The molecule has 5 unspecified atom stereocenters. The van der Waals surface area contributed by atoms with Crippen LogP contribution in [-0.2, 0) is 25.6 Å². The standard InChI is InChI=1S/C22H34N4O6/c1-12(2)10-16(25-19(28)13(3)24-21(30)18(23)14(4)27)20(29)26-17(22(31)32)11-15-8-6-5-7-9-15/h5-9,12-14,16-18,27H,10-11,23H2,1-4H3,(H,24,30)(H,25,28)(H,26,29)(H,31,32). The van der Waals surface area contributed by atoms with Crippen molar-refractivity contribution < 1.29 is 29.4 Å². The van der Waals surface area contributed by atoms with Crippen LogP contribution in [0.15, 0.2) is 30.3 Å². The van der Waals surface area contributed by atoms with Crippen molar-refractivity contribution in [1.29, 1.82) is 0 Å². The van der Waals surface area contributed by atoms with Crippen LogP contribution in [-0.4, -0.2) is 64.2 Å². The highest BCUT2D eigenvalue weighted by atomic mass is 16.4. The average Bonchev–Trinajstić information content (AvgIpc) is 2.72. The van der Waals surface area contributed by atoms with E-state index in [1.165, 1.54) is 13.8 Å². The molecule has 1 aromatic rings. The van der Waals surface area contributed by atoms with Gasteiger partial charge in [-0.25, -0.2) is 4.79 Å². The van der Waals surface area contributed by atoms with Crippen molar-refractivity contribution in [3.8, 4) is 0 Å². The molecule has 32 heavy (non-hydrogen) atoms. The van der Waals surface area contributed by atoms with Gasteiger partial charge in [0.1, 0.15) is 24.2 Å². The molecule has 0 heterocycles. The summed E-state index contributed by atoms with van der Waals surface area (Å²) in [5.74, 6) is -3.13. The lowest BCUT2D eigenvalue weighted by atomic mass is 10.0. The maximum absolute atomic E-state index is 12.8. The molecule has 5 atom stereocenters. The number of amides is 3. The Balaban J connectivity index is 2.84. The van der Waals surface area contributed by atoms with Crippen molar-refractivity contribution >= 4 is 23.7 Å². The zero-order valence-corrected chi connectivity index (χ0v) is 18.9. The highest BCUT2D eigenvalue weighted by Crippen LogP contribution is 2.08. The topological polar surface area (TPSA) is 171 Å². The number of rotatable bonds is 12. The van der Waals surface area contributed by atoms with Crippen LogP contribution in [0.4, 0.5) is 0 Å².